The third-order valence-electron chi connectivity index (χ3n) is 3.75. The minimum Gasteiger partial charge on any atom is -0.272 e. The van der Waals surface area contributed by atoms with Crippen molar-refractivity contribution in [3.8, 4) is 11.4 Å². The van der Waals surface area contributed by atoms with Crippen molar-refractivity contribution in [1.82, 2.24) is 19.6 Å². The van der Waals surface area contributed by atoms with Crippen LogP contribution < -0.4 is 0 Å². The number of hydrogen-bond donors (Lipinski definition) is 0. The van der Waals surface area contributed by atoms with E-state index in [1.165, 1.54) is 0 Å². The molecule has 2 aromatic carbocycles. The maximum absolute atomic E-state index is 6.34. The lowest BCUT2D eigenvalue weighted by atomic mass is 10.2. The molecule has 0 atom stereocenters. The van der Waals surface area contributed by atoms with Crippen LogP contribution in [0.5, 0.6) is 0 Å². The summed E-state index contributed by atoms with van der Waals surface area (Å²) in [7, 11) is 0. The van der Waals surface area contributed by atoms with Crippen LogP contribution in [0.25, 0.3) is 28.1 Å². The molecule has 2 heterocycles. The second-order valence-electron chi connectivity index (χ2n) is 5.06. The van der Waals surface area contributed by atoms with Gasteiger partial charge in [0.2, 0.25) is 0 Å². The SMILES string of the molecule is CCc1nc2ccccc2n2c(-c3ccccc3Cl)nnc12. The Morgan fingerprint density at radius 3 is 2.59 bits per heavy atom. The van der Waals surface area contributed by atoms with Crippen LogP contribution in [0.1, 0.15) is 12.6 Å². The van der Waals surface area contributed by atoms with Crippen molar-refractivity contribution in [3.05, 3.63) is 59.2 Å². The molecular formula is C17H13ClN4. The molecule has 0 saturated carbocycles. The van der Waals surface area contributed by atoms with Gasteiger partial charge < -0.3 is 0 Å². The molecule has 0 bridgehead atoms. The minimum absolute atomic E-state index is 0.663. The second-order valence-corrected chi connectivity index (χ2v) is 5.47. The highest BCUT2D eigenvalue weighted by Gasteiger charge is 2.16. The largest absolute Gasteiger partial charge is 0.272 e. The number of benzene rings is 2. The lowest BCUT2D eigenvalue weighted by Crippen LogP contribution is -1.99. The fraction of sp³-hybridized carbons (Fsp3) is 0.118. The van der Waals surface area contributed by atoms with Crippen LogP contribution in [0, 0.1) is 0 Å². The average molecular weight is 309 g/mol. The van der Waals surface area contributed by atoms with Crippen molar-refractivity contribution in [3.63, 3.8) is 0 Å². The number of nitrogens with zero attached hydrogens (tertiary/aromatic N) is 4. The maximum Gasteiger partial charge on any atom is 0.183 e. The zero-order valence-corrected chi connectivity index (χ0v) is 12.7. The maximum atomic E-state index is 6.34. The van der Waals surface area contributed by atoms with Gasteiger partial charge in [-0.2, -0.15) is 0 Å². The summed E-state index contributed by atoms with van der Waals surface area (Å²) in [5, 5.41) is 9.39. The van der Waals surface area contributed by atoms with Crippen LogP contribution in [0.2, 0.25) is 5.02 Å². The van der Waals surface area contributed by atoms with Gasteiger partial charge in [0.25, 0.3) is 0 Å². The standard InChI is InChI=1S/C17H13ClN4/c1-2-13-17-21-20-16(11-7-3-4-8-12(11)18)22(17)15-10-6-5-9-14(15)19-13/h3-10H,2H2,1H3. The van der Waals surface area contributed by atoms with Gasteiger partial charge in [-0.05, 0) is 30.7 Å². The highest BCUT2D eigenvalue weighted by molar-refractivity contribution is 6.33. The van der Waals surface area contributed by atoms with Crippen molar-refractivity contribution in [2.45, 2.75) is 13.3 Å². The van der Waals surface area contributed by atoms with Crippen molar-refractivity contribution in [1.29, 1.82) is 0 Å². The summed E-state index contributed by atoms with van der Waals surface area (Å²) >= 11 is 6.34. The smallest absolute Gasteiger partial charge is 0.183 e. The minimum atomic E-state index is 0.663. The van der Waals surface area contributed by atoms with Crippen LogP contribution in [0.4, 0.5) is 0 Å². The first kappa shape index (κ1) is 13.2. The molecular weight excluding hydrogens is 296 g/mol. The fourth-order valence-corrected chi connectivity index (χ4v) is 2.92. The predicted molar refractivity (Wildman–Crippen MR) is 88.1 cm³/mol. The highest BCUT2D eigenvalue weighted by atomic mass is 35.5. The van der Waals surface area contributed by atoms with Gasteiger partial charge in [0.05, 0.1) is 21.7 Å². The lowest BCUT2D eigenvalue weighted by molar-refractivity contribution is 1.03. The molecule has 108 valence electrons. The Bertz CT molecular complexity index is 990. The van der Waals surface area contributed by atoms with E-state index in [1.54, 1.807) is 0 Å². The van der Waals surface area contributed by atoms with E-state index < -0.39 is 0 Å². The van der Waals surface area contributed by atoms with Crippen molar-refractivity contribution in [2.75, 3.05) is 0 Å². The molecule has 0 aliphatic carbocycles. The van der Waals surface area contributed by atoms with E-state index in [-0.39, 0.29) is 0 Å². The van der Waals surface area contributed by atoms with Gasteiger partial charge in [0.1, 0.15) is 0 Å². The molecule has 0 unspecified atom stereocenters. The van der Waals surface area contributed by atoms with Crippen LogP contribution >= 0.6 is 11.6 Å². The van der Waals surface area contributed by atoms with Gasteiger partial charge in [0.15, 0.2) is 11.5 Å². The molecule has 0 amide bonds. The van der Waals surface area contributed by atoms with Crippen molar-refractivity contribution in [2.24, 2.45) is 0 Å². The Morgan fingerprint density at radius 2 is 1.77 bits per heavy atom. The quantitative estimate of drug-likeness (QED) is 0.558. The van der Waals surface area contributed by atoms with Gasteiger partial charge in [-0.25, -0.2) is 4.98 Å². The molecule has 0 saturated heterocycles. The lowest BCUT2D eigenvalue weighted by Gasteiger charge is -2.08. The van der Waals surface area contributed by atoms with Crippen LogP contribution in [0.15, 0.2) is 48.5 Å². The molecule has 0 radical (unpaired) electrons. The molecule has 5 heteroatoms. The Kier molecular flexibility index (Phi) is 3.05. The van der Waals surface area contributed by atoms with E-state index >= 15 is 0 Å². The first-order chi connectivity index (χ1) is 10.8. The number of aryl methyl sites for hydroxylation is 1. The summed E-state index contributed by atoms with van der Waals surface area (Å²) in [6.45, 7) is 2.07. The Balaban J connectivity index is 2.18. The molecule has 0 spiro atoms. The molecule has 0 fully saturated rings. The highest BCUT2D eigenvalue weighted by Crippen LogP contribution is 2.29. The zero-order chi connectivity index (χ0) is 15.1. The Labute approximate surface area is 132 Å². The van der Waals surface area contributed by atoms with E-state index in [0.717, 1.165) is 40.2 Å². The first-order valence-corrected chi connectivity index (χ1v) is 7.55. The summed E-state index contributed by atoms with van der Waals surface area (Å²) in [5.74, 6) is 0.744. The van der Waals surface area contributed by atoms with Gasteiger partial charge in [-0.15, -0.1) is 10.2 Å². The van der Waals surface area contributed by atoms with Crippen molar-refractivity contribution < 1.29 is 0 Å². The zero-order valence-electron chi connectivity index (χ0n) is 12.0. The third kappa shape index (κ3) is 1.88. The van der Waals surface area contributed by atoms with E-state index in [2.05, 4.69) is 17.1 Å². The third-order valence-corrected chi connectivity index (χ3v) is 4.08. The number of halogens is 1. The predicted octanol–water partition coefficient (Wildman–Crippen LogP) is 4.16. The van der Waals surface area contributed by atoms with Gasteiger partial charge in [0, 0.05) is 5.56 Å². The van der Waals surface area contributed by atoms with E-state index in [4.69, 9.17) is 16.6 Å². The average Bonchev–Trinajstić information content (AvgIpc) is 2.99. The van der Waals surface area contributed by atoms with Crippen LogP contribution in [-0.4, -0.2) is 19.6 Å². The van der Waals surface area contributed by atoms with E-state index in [9.17, 15) is 0 Å². The van der Waals surface area contributed by atoms with Gasteiger partial charge >= 0.3 is 0 Å². The van der Waals surface area contributed by atoms with E-state index in [0.29, 0.717) is 5.02 Å². The van der Waals surface area contributed by atoms with Crippen molar-refractivity contribution >= 4 is 28.3 Å². The van der Waals surface area contributed by atoms with E-state index in [1.807, 2.05) is 52.9 Å². The summed E-state index contributed by atoms with van der Waals surface area (Å²) < 4.78 is 2.04. The van der Waals surface area contributed by atoms with Crippen LogP contribution in [0.3, 0.4) is 0 Å². The molecule has 2 aromatic heterocycles. The second kappa shape index (κ2) is 5.07. The molecule has 4 nitrogen and oxygen atoms in total. The fourth-order valence-electron chi connectivity index (χ4n) is 2.70. The van der Waals surface area contributed by atoms with Crippen LogP contribution in [-0.2, 0) is 6.42 Å². The number of aromatic nitrogens is 4. The number of rotatable bonds is 2. The first-order valence-electron chi connectivity index (χ1n) is 7.17. The Hall–Kier alpha value is -2.46. The summed E-state index contributed by atoms with van der Waals surface area (Å²) in [6, 6.07) is 15.7. The Morgan fingerprint density at radius 1 is 1.00 bits per heavy atom. The number of fused-ring (bicyclic) bond motifs is 3. The monoisotopic (exact) mass is 308 g/mol. The molecule has 4 aromatic rings. The molecule has 22 heavy (non-hydrogen) atoms. The summed E-state index contributed by atoms with van der Waals surface area (Å²) in [4.78, 5) is 4.69. The summed E-state index contributed by atoms with van der Waals surface area (Å²) in [5.41, 5.74) is 4.50. The molecule has 0 aliphatic heterocycles. The molecule has 0 aliphatic rings. The summed E-state index contributed by atoms with van der Waals surface area (Å²) in [6.07, 6.45) is 0.801. The molecule has 0 N–H and O–H groups in total. The number of hydrogen-bond acceptors (Lipinski definition) is 3. The van der Waals surface area contributed by atoms with Gasteiger partial charge in [-0.1, -0.05) is 42.8 Å². The number of para-hydroxylation sites is 2. The molecule has 4 rings (SSSR count). The van der Waals surface area contributed by atoms with Gasteiger partial charge in [-0.3, -0.25) is 4.40 Å². The normalized spacial score (nSPS) is 11.4. The topological polar surface area (TPSA) is 43.1 Å².